The van der Waals surface area contributed by atoms with E-state index in [4.69, 9.17) is 11.5 Å². The highest BCUT2D eigenvalue weighted by molar-refractivity contribution is 5.95. The van der Waals surface area contributed by atoms with Crippen molar-refractivity contribution in [3.63, 3.8) is 0 Å². The minimum atomic E-state index is -1.49. The summed E-state index contributed by atoms with van der Waals surface area (Å²) in [6, 6.07) is 3.83. The summed E-state index contributed by atoms with van der Waals surface area (Å²) in [5.41, 5.74) is 12.0. The van der Waals surface area contributed by atoms with Gasteiger partial charge >= 0.3 is 11.9 Å². The van der Waals surface area contributed by atoms with E-state index in [2.05, 4.69) is 16.0 Å². The van der Waals surface area contributed by atoms with Gasteiger partial charge < -0.3 is 37.6 Å². The highest BCUT2D eigenvalue weighted by atomic mass is 16.4. The Labute approximate surface area is 216 Å². The van der Waals surface area contributed by atoms with Crippen molar-refractivity contribution in [3.05, 3.63) is 35.9 Å². The molecule has 12 heteroatoms. The first-order valence-electron chi connectivity index (χ1n) is 12.3. The number of carboxylic acid groups (broad SMARTS) is 2. The van der Waals surface area contributed by atoms with Crippen LogP contribution >= 0.6 is 0 Å². The van der Waals surface area contributed by atoms with E-state index >= 15 is 0 Å². The zero-order chi connectivity index (χ0) is 28.0. The fourth-order valence-corrected chi connectivity index (χ4v) is 3.63. The molecule has 0 aliphatic rings. The second-order valence-corrected chi connectivity index (χ2v) is 9.33. The minimum absolute atomic E-state index is 0.00809. The molecule has 4 unspecified atom stereocenters. The first-order valence-corrected chi connectivity index (χ1v) is 12.3. The van der Waals surface area contributed by atoms with Gasteiger partial charge in [0.1, 0.15) is 18.1 Å². The lowest BCUT2D eigenvalue weighted by atomic mass is 10.0. The predicted octanol–water partition coefficient (Wildman–Crippen LogP) is -0.255. The van der Waals surface area contributed by atoms with Crippen molar-refractivity contribution < 1.29 is 34.2 Å². The number of hydrogen-bond acceptors (Lipinski definition) is 7. The van der Waals surface area contributed by atoms with Crippen LogP contribution in [0.25, 0.3) is 0 Å². The Morgan fingerprint density at radius 1 is 0.838 bits per heavy atom. The van der Waals surface area contributed by atoms with Crippen LogP contribution in [0.5, 0.6) is 0 Å². The lowest BCUT2D eigenvalue weighted by Crippen LogP contribution is -2.58. The minimum Gasteiger partial charge on any atom is -0.481 e. The molecule has 0 bridgehead atoms. The standard InChI is InChI=1S/C25H39N5O7/c1-15(2)12-17(27)22(33)29-20(14-21(31)32)24(35)30-19(13-16-8-4-3-5-9-16)23(34)28-18(25(36)37)10-6-7-11-26/h3-5,8-9,15,17-20H,6-7,10-14,26-27H2,1-2H3,(H,28,34)(H,29,33)(H,30,35)(H,31,32)(H,36,37). The number of carbonyl (C=O) groups is 5. The maximum absolute atomic E-state index is 13.1. The third-order valence-electron chi connectivity index (χ3n) is 5.55. The third-order valence-corrected chi connectivity index (χ3v) is 5.55. The Hall–Kier alpha value is -3.51. The second-order valence-electron chi connectivity index (χ2n) is 9.33. The van der Waals surface area contributed by atoms with E-state index in [1.807, 2.05) is 13.8 Å². The number of carbonyl (C=O) groups excluding carboxylic acids is 3. The molecule has 0 heterocycles. The number of aliphatic carboxylic acids is 2. The topological polar surface area (TPSA) is 214 Å². The average molecular weight is 522 g/mol. The van der Waals surface area contributed by atoms with Crippen LogP contribution in [0.3, 0.4) is 0 Å². The molecule has 9 N–H and O–H groups in total. The molecule has 0 saturated heterocycles. The Morgan fingerprint density at radius 2 is 1.41 bits per heavy atom. The van der Waals surface area contributed by atoms with Crippen LogP contribution in [0.15, 0.2) is 30.3 Å². The molecular formula is C25H39N5O7. The molecule has 0 aliphatic heterocycles. The zero-order valence-electron chi connectivity index (χ0n) is 21.3. The van der Waals surface area contributed by atoms with Gasteiger partial charge in [0, 0.05) is 6.42 Å². The number of rotatable bonds is 17. The lowest BCUT2D eigenvalue weighted by Gasteiger charge is -2.25. The van der Waals surface area contributed by atoms with E-state index < -0.39 is 60.2 Å². The van der Waals surface area contributed by atoms with Crippen LogP contribution in [0.2, 0.25) is 0 Å². The van der Waals surface area contributed by atoms with Crippen molar-refractivity contribution in [3.8, 4) is 0 Å². The maximum Gasteiger partial charge on any atom is 0.326 e. The van der Waals surface area contributed by atoms with E-state index in [-0.39, 0.29) is 18.8 Å². The average Bonchev–Trinajstić information content (AvgIpc) is 2.82. The van der Waals surface area contributed by atoms with Gasteiger partial charge in [-0.2, -0.15) is 0 Å². The molecule has 0 fully saturated rings. The van der Waals surface area contributed by atoms with Gasteiger partial charge in [0.2, 0.25) is 17.7 Å². The van der Waals surface area contributed by atoms with Crippen LogP contribution < -0.4 is 27.4 Å². The molecule has 0 saturated carbocycles. The molecule has 0 aliphatic carbocycles. The fourth-order valence-electron chi connectivity index (χ4n) is 3.63. The summed E-state index contributed by atoms with van der Waals surface area (Å²) in [5, 5.41) is 26.1. The van der Waals surface area contributed by atoms with Crippen molar-refractivity contribution >= 4 is 29.7 Å². The molecule has 0 spiro atoms. The highest BCUT2D eigenvalue weighted by Gasteiger charge is 2.31. The monoisotopic (exact) mass is 521 g/mol. The molecule has 1 aromatic carbocycles. The summed E-state index contributed by atoms with van der Waals surface area (Å²) in [5.74, 6) is -4.82. The largest absolute Gasteiger partial charge is 0.481 e. The molecule has 0 radical (unpaired) electrons. The van der Waals surface area contributed by atoms with Gasteiger partial charge in [-0.05, 0) is 43.7 Å². The molecular weight excluding hydrogens is 482 g/mol. The Morgan fingerprint density at radius 3 is 1.95 bits per heavy atom. The van der Waals surface area contributed by atoms with Crippen LogP contribution in [-0.2, 0) is 30.4 Å². The Kier molecular flexibility index (Phi) is 13.9. The van der Waals surface area contributed by atoms with E-state index in [1.165, 1.54) is 0 Å². The molecule has 4 atom stereocenters. The van der Waals surface area contributed by atoms with Crippen LogP contribution in [-0.4, -0.2) is 70.6 Å². The Balaban J connectivity index is 3.09. The summed E-state index contributed by atoms with van der Waals surface area (Å²) in [7, 11) is 0. The second kappa shape index (κ2) is 16.3. The summed E-state index contributed by atoms with van der Waals surface area (Å²) in [6.07, 6.45) is 0.811. The molecule has 12 nitrogen and oxygen atoms in total. The molecule has 37 heavy (non-hydrogen) atoms. The molecule has 206 valence electrons. The number of nitrogens with two attached hydrogens (primary N) is 2. The fraction of sp³-hybridized carbons (Fsp3) is 0.560. The van der Waals surface area contributed by atoms with Gasteiger partial charge in [-0.25, -0.2) is 4.79 Å². The van der Waals surface area contributed by atoms with Crippen molar-refractivity contribution in [2.75, 3.05) is 6.54 Å². The number of amides is 3. The van der Waals surface area contributed by atoms with Crippen LogP contribution in [0.1, 0.15) is 51.5 Å². The van der Waals surface area contributed by atoms with Crippen molar-refractivity contribution in [2.45, 2.75) is 76.5 Å². The summed E-state index contributed by atoms with van der Waals surface area (Å²) in [4.78, 5) is 61.7. The zero-order valence-corrected chi connectivity index (χ0v) is 21.3. The van der Waals surface area contributed by atoms with Crippen molar-refractivity contribution in [2.24, 2.45) is 17.4 Å². The molecule has 3 amide bonds. The first-order chi connectivity index (χ1) is 17.4. The van der Waals surface area contributed by atoms with E-state index in [1.54, 1.807) is 30.3 Å². The van der Waals surface area contributed by atoms with Crippen molar-refractivity contribution in [1.29, 1.82) is 0 Å². The smallest absolute Gasteiger partial charge is 0.326 e. The first kappa shape index (κ1) is 31.5. The lowest BCUT2D eigenvalue weighted by molar-refractivity contribution is -0.143. The SMILES string of the molecule is CC(C)CC(N)C(=O)NC(CC(=O)O)C(=O)NC(Cc1ccccc1)C(=O)NC(CCCCN)C(=O)O. The van der Waals surface area contributed by atoms with E-state index in [9.17, 15) is 34.2 Å². The van der Waals surface area contributed by atoms with Gasteiger partial charge in [0.05, 0.1) is 12.5 Å². The number of hydrogen-bond donors (Lipinski definition) is 7. The highest BCUT2D eigenvalue weighted by Crippen LogP contribution is 2.08. The molecule has 1 aromatic rings. The Bertz CT molecular complexity index is 910. The number of unbranched alkanes of at least 4 members (excludes halogenated alkanes) is 1. The van der Waals surface area contributed by atoms with Gasteiger partial charge in [-0.1, -0.05) is 44.2 Å². The van der Waals surface area contributed by atoms with Crippen molar-refractivity contribution in [1.82, 2.24) is 16.0 Å². The van der Waals surface area contributed by atoms with Gasteiger partial charge in [0.15, 0.2) is 0 Å². The van der Waals surface area contributed by atoms with Gasteiger partial charge in [-0.15, -0.1) is 0 Å². The van der Waals surface area contributed by atoms with Crippen LogP contribution in [0.4, 0.5) is 0 Å². The van der Waals surface area contributed by atoms with Gasteiger partial charge in [-0.3, -0.25) is 19.2 Å². The van der Waals surface area contributed by atoms with Crippen LogP contribution in [0, 0.1) is 5.92 Å². The van der Waals surface area contributed by atoms with Gasteiger partial charge in [0.25, 0.3) is 0 Å². The number of benzene rings is 1. The maximum atomic E-state index is 13.1. The predicted molar refractivity (Wildman–Crippen MR) is 136 cm³/mol. The molecule has 0 aromatic heterocycles. The van der Waals surface area contributed by atoms with E-state index in [0.29, 0.717) is 31.4 Å². The number of carboxylic acids is 2. The summed E-state index contributed by atoms with van der Waals surface area (Å²) < 4.78 is 0. The third kappa shape index (κ3) is 12.3. The summed E-state index contributed by atoms with van der Waals surface area (Å²) >= 11 is 0. The molecule has 1 rings (SSSR count). The number of nitrogens with one attached hydrogen (secondary N) is 3. The van der Waals surface area contributed by atoms with E-state index in [0.717, 1.165) is 0 Å². The quantitative estimate of drug-likeness (QED) is 0.134. The summed E-state index contributed by atoms with van der Waals surface area (Å²) in [6.45, 7) is 4.11. The normalized spacial score (nSPS) is 14.2.